The Balaban J connectivity index is 1.88. The van der Waals surface area contributed by atoms with Crippen molar-refractivity contribution in [1.82, 2.24) is 0 Å². The molecular weight excluding hydrogens is 342 g/mol. The van der Waals surface area contributed by atoms with Crippen molar-refractivity contribution in [3.63, 3.8) is 0 Å². The van der Waals surface area contributed by atoms with Crippen LogP contribution in [0.1, 0.15) is 21.5 Å². The normalized spacial score (nSPS) is 9.77. The van der Waals surface area contributed by atoms with Crippen LogP contribution in [-0.4, -0.2) is 5.91 Å². The molecule has 0 fully saturated rings. The molecule has 0 aliphatic carbocycles. The Morgan fingerprint density at radius 2 is 1.58 bits per heavy atom. The number of rotatable bonds is 4. The lowest BCUT2D eigenvalue weighted by Crippen LogP contribution is -2.13. The summed E-state index contributed by atoms with van der Waals surface area (Å²) in [5.74, 6) is -0.266. The monoisotopic (exact) mass is 355 g/mol. The Labute approximate surface area is 155 Å². The van der Waals surface area contributed by atoms with E-state index < -0.39 is 0 Å². The van der Waals surface area contributed by atoms with Gasteiger partial charge in [0.15, 0.2) is 0 Å². The van der Waals surface area contributed by atoms with Crippen LogP contribution in [0.4, 0.5) is 5.69 Å². The van der Waals surface area contributed by atoms with E-state index in [1.165, 1.54) is 11.8 Å². The summed E-state index contributed by atoms with van der Waals surface area (Å²) in [6, 6.07) is 25.5. The fourth-order valence-electron chi connectivity index (χ4n) is 2.37. The number of benzene rings is 3. The molecule has 124 valence electrons. The van der Waals surface area contributed by atoms with Gasteiger partial charge in [-0.25, -0.2) is 0 Å². The van der Waals surface area contributed by atoms with Crippen LogP contribution in [0.2, 0.25) is 0 Å². The van der Waals surface area contributed by atoms with Gasteiger partial charge in [0.2, 0.25) is 0 Å². The fraction of sp³-hybridized carbons (Fsp3) is 0. The van der Waals surface area contributed by atoms with Gasteiger partial charge in [-0.05, 0) is 42.5 Å². The second-order valence-electron chi connectivity index (χ2n) is 5.35. The zero-order chi connectivity index (χ0) is 18.4. The molecule has 4 nitrogen and oxygen atoms in total. The molecule has 1 N–H and O–H groups in total. The first kappa shape index (κ1) is 17.3. The Hall–Kier alpha value is -3.54. The maximum atomic E-state index is 12.7. The summed E-state index contributed by atoms with van der Waals surface area (Å²) in [5, 5.41) is 21.0. The van der Waals surface area contributed by atoms with Gasteiger partial charge in [0, 0.05) is 15.5 Å². The minimum atomic E-state index is -0.266. The van der Waals surface area contributed by atoms with E-state index in [-0.39, 0.29) is 5.91 Å². The highest BCUT2D eigenvalue weighted by Crippen LogP contribution is 2.32. The quantitative estimate of drug-likeness (QED) is 0.727. The summed E-state index contributed by atoms with van der Waals surface area (Å²) in [6.45, 7) is 0. The fourth-order valence-corrected chi connectivity index (χ4v) is 3.40. The zero-order valence-electron chi connectivity index (χ0n) is 13.6. The number of nitriles is 2. The number of amides is 1. The third-order valence-corrected chi connectivity index (χ3v) is 4.76. The lowest BCUT2D eigenvalue weighted by Gasteiger charge is -2.11. The van der Waals surface area contributed by atoms with Crippen LogP contribution >= 0.6 is 11.8 Å². The zero-order valence-corrected chi connectivity index (χ0v) is 14.5. The van der Waals surface area contributed by atoms with Crippen molar-refractivity contribution in [2.75, 3.05) is 5.32 Å². The van der Waals surface area contributed by atoms with Gasteiger partial charge in [0.05, 0.1) is 22.8 Å². The van der Waals surface area contributed by atoms with Gasteiger partial charge in [-0.2, -0.15) is 10.5 Å². The maximum absolute atomic E-state index is 12.7. The molecule has 5 heteroatoms. The number of carbonyl (C=O) groups excluding carboxylic acids is 1. The molecular formula is C21H13N3OS. The molecule has 0 atom stereocenters. The smallest absolute Gasteiger partial charge is 0.256 e. The summed E-state index contributed by atoms with van der Waals surface area (Å²) >= 11 is 1.38. The number of nitrogens with zero attached hydrogens (tertiary/aromatic N) is 2. The van der Waals surface area contributed by atoms with Crippen LogP contribution in [0.5, 0.6) is 0 Å². The second-order valence-corrected chi connectivity index (χ2v) is 6.44. The SMILES string of the molecule is N#Cc1cccc(NC(=O)c2ccccc2Sc2ccccc2C#N)c1. The second kappa shape index (κ2) is 8.02. The van der Waals surface area contributed by atoms with Crippen LogP contribution in [0, 0.1) is 22.7 Å². The van der Waals surface area contributed by atoms with Crippen molar-refractivity contribution in [2.24, 2.45) is 0 Å². The van der Waals surface area contributed by atoms with E-state index in [2.05, 4.69) is 17.5 Å². The summed E-state index contributed by atoms with van der Waals surface area (Å²) in [4.78, 5) is 14.3. The van der Waals surface area contributed by atoms with Gasteiger partial charge in [-0.3, -0.25) is 4.79 Å². The molecule has 0 saturated carbocycles. The Morgan fingerprint density at radius 3 is 2.35 bits per heavy atom. The number of anilines is 1. The molecule has 0 aromatic heterocycles. The van der Waals surface area contributed by atoms with Crippen LogP contribution in [0.25, 0.3) is 0 Å². The minimum Gasteiger partial charge on any atom is -0.322 e. The highest BCUT2D eigenvalue weighted by atomic mass is 32.2. The van der Waals surface area contributed by atoms with Gasteiger partial charge in [0.25, 0.3) is 5.91 Å². The average molecular weight is 355 g/mol. The lowest BCUT2D eigenvalue weighted by molar-refractivity contribution is 0.102. The predicted molar refractivity (Wildman–Crippen MR) is 101 cm³/mol. The van der Waals surface area contributed by atoms with Crippen LogP contribution in [0.3, 0.4) is 0 Å². The van der Waals surface area contributed by atoms with Crippen molar-refractivity contribution in [1.29, 1.82) is 10.5 Å². The number of hydrogen-bond donors (Lipinski definition) is 1. The van der Waals surface area contributed by atoms with Crippen LogP contribution < -0.4 is 5.32 Å². The Kier molecular flexibility index (Phi) is 5.34. The molecule has 0 bridgehead atoms. The van der Waals surface area contributed by atoms with Gasteiger partial charge in [0.1, 0.15) is 6.07 Å². The topological polar surface area (TPSA) is 76.7 Å². The summed E-state index contributed by atoms with van der Waals surface area (Å²) in [5.41, 5.74) is 2.11. The van der Waals surface area contributed by atoms with Gasteiger partial charge >= 0.3 is 0 Å². The minimum absolute atomic E-state index is 0.266. The maximum Gasteiger partial charge on any atom is 0.256 e. The number of nitrogens with one attached hydrogen (secondary N) is 1. The molecule has 3 rings (SSSR count). The van der Waals surface area contributed by atoms with E-state index in [1.54, 1.807) is 42.5 Å². The van der Waals surface area contributed by atoms with E-state index >= 15 is 0 Å². The predicted octanol–water partition coefficient (Wildman–Crippen LogP) is 4.83. The van der Waals surface area contributed by atoms with Crippen molar-refractivity contribution >= 4 is 23.4 Å². The van der Waals surface area contributed by atoms with Crippen molar-refractivity contribution in [3.05, 3.63) is 89.5 Å². The third kappa shape index (κ3) is 3.92. The number of carbonyl (C=O) groups is 1. The summed E-state index contributed by atoms with van der Waals surface area (Å²) < 4.78 is 0. The number of hydrogen-bond acceptors (Lipinski definition) is 4. The highest BCUT2D eigenvalue weighted by Gasteiger charge is 2.14. The lowest BCUT2D eigenvalue weighted by atomic mass is 10.2. The first-order valence-corrected chi connectivity index (χ1v) is 8.60. The summed E-state index contributed by atoms with van der Waals surface area (Å²) in [7, 11) is 0. The molecule has 3 aromatic rings. The van der Waals surface area contributed by atoms with Crippen molar-refractivity contribution in [3.8, 4) is 12.1 Å². The molecule has 0 unspecified atom stereocenters. The highest BCUT2D eigenvalue weighted by molar-refractivity contribution is 7.99. The molecule has 0 spiro atoms. The average Bonchev–Trinajstić information content (AvgIpc) is 2.69. The first-order valence-electron chi connectivity index (χ1n) is 7.79. The molecule has 3 aromatic carbocycles. The van der Waals surface area contributed by atoms with Crippen molar-refractivity contribution in [2.45, 2.75) is 9.79 Å². The molecule has 0 heterocycles. The third-order valence-electron chi connectivity index (χ3n) is 3.61. The van der Waals surface area contributed by atoms with E-state index in [4.69, 9.17) is 5.26 Å². The largest absolute Gasteiger partial charge is 0.322 e. The van der Waals surface area contributed by atoms with E-state index in [1.807, 2.05) is 30.3 Å². The molecule has 0 aliphatic rings. The first-order chi connectivity index (χ1) is 12.7. The van der Waals surface area contributed by atoms with E-state index in [0.29, 0.717) is 22.4 Å². The molecule has 1 amide bonds. The van der Waals surface area contributed by atoms with E-state index in [9.17, 15) is 10.1 Å². The molecule has 26 heavy (non-hydrogen) atoms. The molecule has 0 radical (unpaired) electrons. The summed E-state index contributed by atoms with van der Waals surface area (Å²) in [6.07, 6.45) is 0. The van der Waals surface area contributed by atoms with Gasteiger partial charge in [-0.15, -0.1) is 0 Å². The Bertz CT molecular complexity index is 1050. The standard InChI is InChI=1S/C21H13N3OS/c22-13-15-6-5-8-17(12-15)24-21(25)18-9-2-4-11-20(18)26-19-10-3-1-7-16(19)14-23/h1-12H,(H,24,25). The Morgan fingerprint density at radius 1 is 0.846 bits per heavy atom. The van der Waals surface area contributed by atoms with Gasteiger partial charge in [-0.1, -0.05) is 42.1 Å². The van der Waals surface area contributed by atoms with Crippen LogP contribution in [-0.2, 0) is 0 Å². The van der Waals surface area contributed by atoms with Gasteiger partial charge < -0.3 is 5.32 Å². The molecule has 0 aliphatic heterocycles. The van der Waals surface area contributed by atoms with Crippen LogP contribution in [0.15, 0.2) is 82.6 Å². The van der Waals surface area contributed by atoms with E-state index in [0.717, 1.165) is 9.79 Å². The van der Waals surface area contributed by atoms with Crippen molar-refractivity contribution < 1.29 is 4.79 Å². The molecule has 0 saturated heterocycles.